The van der Waals surface area contributed by atoms with Gasteiger partial charge in [-0.05, 0) is 38.0 Å². The zero-order valence-electron chi connectivity index (χ0n) is 18.5. The Morgan fingerprint density at radius 3 is 2.33 bits per heavy atom. The summed E-state index contributed by atoms with van der Waals surface area (Å²) in [7, 11) is 0. The van der Waals surface area contributed by atoms with Crippen molar-refractivity contribution in [3.8, 4) is 5.75 Å². The number of benzene rings is 2. The number of carbonyl (C=O) groups is 1. The third-order valence-corrected chi connectivity index (χ3v) is 5.84. The van der Waals surface area contributed by atoms with E-state index in [0.29, 0.717) is 6.61 Å². The third-order valence-electron chi connectivity index (χ3n) is 5.84. The van der Waals surface area contributed by atoms with Crippen LogP contribution in [0.2, 0.25) is 0 Å². The Kier molecular flexibility index (Phi) is 8.14. The summed E-state index contributed by atoms with van der Waals surface area (Å²) in [6.07, 6.45) is 1.98. The second kappa shape index (κ2) is 11.0. The van der Waals surface area contributed by atoms with Crippen LogP contribution in [-0.2, 0) is 4.79 Å². The molecule has 5 heteroatoms. The third kappa shape index (κ3) is 5.54. The van der Waals surface area contributed by atoms with E-state index in [1.54, 1.807) is 0 Å². The predicted molar refractivity (Wildman–Crippen MR) is 123 cm³/mol. The fourth-order valence-corrected chi connectivity index (χ4v) is 4.10. The number of anilines is 1. The second-order valence-corrected chi connectivity index (χ2v) is 7.86. The number of para-hydroxylation sites is 2. The van der Waals surface area contributed by atoms with Crippen LogP contribution in [0.3, 0.4) is 0 Å². The van der Waals surface area contributed by atoms with Crippen LogP contribution in [0.5, 0.6) is 5.75 Å². The first-order valence-corrected chi connectivity index (χ1v) is 11.2. The molecular weight excluding hydrogens is 374 g/mol. The Balaban J connectivity index is 1.58. The van der Waals surface area contributed by atoms with E-state index in [1.165, 1.54) is 5.56 Å². The Labute approximate surface area is 181 Å². The SMILES string of the molecule is CCC[C@@H](NC(=O)[C@@H](C)N1CCN(c2ccccc2OCC)CC1)c1ccccc1. The summed E-state index contributed by atoms with van der Waals surface area (Å²) in [5, 5.41) is 3.29. The Morgan fingerprint density at radius 2 is 1.67 bits per heavy atom. The zero-order chi connectivity index (χ0) is 21.3. The van der Waals surface area contributed by atoms with Crippen LogP contribution >= 0.6 is 0 Å². The number of nitrogens with zero attached hydrogens (tertiary/aromatic N) is 2. The lowest BCUT2D eigenvalue weighted by Gasteiger charge is -2.39. The highest BCUT2D eigenvalue weighted by Crippen LogP contribution is 2.29. The van der Waals surface area contributed by atoms with Gasteiger partial charge in [-0.2, -0.15) is 0 Å². The van der Waals surface area contributed by atoms with Gasteiger partial charge >= 0.3 is 0 Å². The number of ether oxygens (including phenoxy) is 1. The van der Waals surface area contributed by atoms with Crippen LogP contribution in [0, 0.1) is 0 Å². The molecule has 1 saturated heterocycles. The quantitative estimate of drug-likeness (QED) is 0.672. The van der Waals surface area contributed by atoms with Crippen molar-refractivity contribution in [1.29, 1.82) is 0 Å². The Morgan fingerprint density at radius 1 is 1.00 bits per heavy atom. The van der Waals surface area contributed by atoms with Crippen LogP contribution in [0.25, 0.3) is 0 Å². The normalized spacial score (nSPS) is 16.7. The van der Waals surface area contributed by atoms with E-state index >= 15 is 0 Å². The molecule has 2 aromatic rings. The largest absolute Gasteiger partial charge is 0.492 e. The Bertz CT molecular complexity index is 788. The van der Waals surface area contributed by atoms with Crippen molar-refractivity contribution < 1.29 is 9.53 Å². The predicted octanol–water partition coefficient (Wildman–Crippen LogP) is 4.25. The highest BCUT2D eigenvalue weighted by atomic mass is 16.5. The molecule has 0 spiro atoms. The van der Waals surface area contributed by atoms with Gasteiger partial charge in [-0.15, -0.1) is 0 Å². The molecule has 1 aliphatic heterocycles. The van der Waals surface area contributed by atoms with E-state index in [1.807, 2.05) is 44.2 Å². The van der Waals surface area contributed by atoms with Crippen molar-refractivity contribution in [3.05, 3.63) is 60.2 Å². The molecule has 0 bridgehead atoms. The number of amides is 1. The van der Waals surface area contributed by atoms with Crippen LogP contribution in [0.15, 0.2) is 54.6 Å². The maximum absolute atomic E-state index is 13.0. The molecule has 1 heterocycles. The minimum absolute atomic E-state index is 0.0745. The van der Waals surface area contributed by atoms with Gasteiger partial charge in [0, 0.05) is 26.2 Å². The molecule has 0 aliphatic carbocycles. The van der Waals surface area contributed by atoms with Crippen molar-refractivity contribution in [1.82, 2.24) is 10.2 Å². The summed E-state index contributed by atoms with van der Waals surface area (Å²) in [6, 6.07) is 18.4. The highest BCUT2D eigenvalue weighted by Gasteiger charge is 2.28. The zero-order valence-corrected chi connectivity index (χ0v) is 18.5. The van der Waals surface area contributed by atoms with Gasteiger partial charge in [0.2, 0.25) is 5.91 Å². The monoisotopic (exact) mass is 409 g/mol. The van der Waals surface area contributed by atoms with Gasteiger partial charge in [-0.3, -0.25) is 9.69 Å². The van der Waals surface area contributed by atoms with Crippen molar-refractivity contribution in [3.63, 3.8) is 0 Å². The van der Waals surface area contributed by atoms with Gasteiger partial charge in [-0.1, -0.05) is 55.8 Å². The second-order valence-electron chi connectivity index (χ2n) is 7.86. The molecular formula is C25H35N3O2. The Hall–Kier alpha value is -2.53. The molecule has 5 nitrogen and oxygen atoms in total. The molecule has 2 aromatic carbocycles. The van der Waals surface area contributed by atoms with Gasteiger partial charge in [0.05, 0.1) is 24.4 Å². The average Bonchev–Trinajstić information content (AvgIpc) is 2.79. The summed E-state index contributed by atoms with van der Waals surface area (Å²) >= 11 is 0. The summed E-state index contributed by atoms with van der Waals surface area (Å²) < 4.78 is 5.79. The topological polar surface area (TPSA) is 44.8 Å². The molecule has 30 heavy (non-hydrogen) atoms. The number of nitrogens with one attached hydrogen (secondary N) is 1. The maximum atomic E-state index is 13.0. The van der Waals surface area contributed by atoms with Crippen molar-refractivity contribution in [2.45, 2.75) is 45.7 Å². The van der Waals surface area contributed by atoms with Crippen LogP contribution < -0.4 is 15.0 Å². The van der Waals surface area contributed by atoms with Gasteiger partial charge in [0.25, 0.3) is 0 Å². The lowest BCUT2D eigenvalue weighted by atomic mass is 10.0. The van der Waals surface area contributed by atoms with E-state index in [9.17, 15) is 4.79 Å². The molecule has 0 radical (unpaired) electrons. The number of piperazine rings is 1. The molecule has 1 N–H and O–H groups in total. The van der Waals surface area contributed by atoms with E-state index in [4.69, 9.17) is 4.74 Å². The first kappa shape index (κ1) is 22.2. The molecule has 162 valence electrons. The van der Waals surface area contributed by atoms with Crippen LogP contribution in [0.1, 0.15) is 45.2 Å². The standard InChI is InChI=1S/C25H35N3O2/c1-4-11-22(21-12-7-6-8-13-21)26-25(29)20(3)27-16-18-28(19-17-27)23-14-9-10-15-24(23)30-5-2/h6-10,12-15,20,22H,4-5,11,16-19H2,1-3H3,(H,26,29)/t20-,22-/m1/s1. The van der Waals surface area contributed by atoms with Crippen LogP contribution in [0.4, 0.5) is 5.69 Å². The van der Waals surface area contributed by atoms with E-state index in [-0.39, 0.29) is 18.0 Å². The molecule has 2 atom stereocenters. The molecule has 0 unspecified atom stereocenters. The summed E-state index contributed by atoms with van der Waals surface area (Å²) in [5.41, 5.74) is 2.32. The summed E-state index contributed by atoms with van der Waals surface area (Å²) in [6.45, 7) is 10.3. The minimum Gasteiger partial charge on any atom is -0.492 e. The van der Waals surface area contributed by atoms with Gasteiger partial charge < -0.3 is 15.0 Å². The molecule has 1 amide bonds. The number of hydrogen-bond donors (Lipinski definition) is 1. The first-order valence-electron chi connectivity index (χ1n) is 11.2. The smallest absolute Gasteiger partial charge is 0.237 e. The fraction of sp³-hybridized carbons (Fsp3) is 0.480. The fourth-order valence-electron chi connectivity index (χ4n) is 4.10. The van der Waals surface area contributed by atoms with Gasteiger partial charge in [-0.25, -0.2) is 0 Å². The van der Waals surface area contributed by atoms with E-state index < -0.39 is 0 Å². The average molecular weight is 410 g/mol. The van der Waals surface area contributed by atoms with Crippen molar-refractivity contribution >= 4 is 11.6 Å². The number of carbonyl (C=O) groups excluding carboxylic acids is 1. The maximum Gasteiger partial charge on any atom is 0.237 e. The minimum atomic E-state index is -0.141. The van der Waals surface area contributed by atoms with E-state index in [0.717, 1.165) is 50.5 Å². The molecule has 0 saturated carbocycles. The molecule has 1 aliphatic rings. The van der Waals surface area contributed by atoms with Crippen LogP contribution in [-0.4, -0.2) is 49.6 Å². The summed E-state index contributed by atoms with van der Waals surface area (Å²) in [4.78, 5) is 17.6. The molecule has 3 rings (SSSR count). The lowest BCUT2D eigenvalue weighted by molar-refractivity contribution is -0.126. The number of rotatable bonds is 9. The summed E-state index contributed by atoms with van der Waals surface area (Å²) in [5.74, 6) is 1.05. The first-order chi connectivity index (χ1) is 14.6. The van der Waals surface area contributed by atoms with E-state index in [2.05, 4.69) is 46.3 Å². The molecule has 1 fully saturated rings. The van der Waals surface area contributed by atoms with Gasteiger partial charge in [0.1, 0.15) is 5.75 Å². The van der Waals surface area contributed by atoms with Crippen molar-refractivity contribution in [2.24, 2.45) is 0 Å². The van der Waals surface area contributed by atoms with Gasteiger partial charge in [0.15, 0.2) is 0 Å². The number of hydrogen-bond acceptors (Lipinski definition) is 4. The highest BCUT2D eigenvalue weighted by molar-refractivity contribution is 5.81. The molecule has 0 aromatic heterocycles. The van der Waals surface area contributed by atoms with Crippen molar-refractivity contribution in [2.75, 3.05) is 37.7 Å². The lowest BCUT2D eigenvalue weighted by Crippen LogP contribution is -2.54.